The van der Waals surface area contributed by atoms with Crippen molar-refractivity contribution in [3.63, 3.8) is 0 Å². The Balaban J connectivity index is 2.77. The van der Waals surface area contributed by atoms with Crippen LogP contribution < -0.4 is 0 Å². The number of hydrogen-bond acceptors (Lipinski definition) is 4. The maximum Gasteiger partial charge on any atom is 0.256 e. The van der Waals surface area contributed by atoms with Gasteiger partial charge in [0.25, 0.3) is 5.91 Å². The first-order chi connectivity index (χ1) is 8.45. The molecule has 1 N–H and O–H groups in total. The van der Waals surface area contributed by atoms with Crippen molar-refractivity contribution in [1.82, 2.24) is 9.88 Å². The second-order valence-corrected chi connectivity index (χ2v) is 4.14. The summed E-state index contributed by atoms with van der Waals surface area (Å²) < 4.78 is 17.7. The van der Waals surface area contributed by atoms with Crippen LogP contribution in [-0.4, -0.2) is 54.3 Å². The minimum atomic E-state index is -0.816. The van der Waals surface area contributed by atoms with Crippen LogP contribution in [0.3, 0.4) is 0 Å². The smallest absolute Gasteiger partial charge is 0.256 e. The molecule has 0 bridgehead atoms. The highest BCUT2D eigenvalue weighted by Gasteiger charge is 2.19. The molecule has 18 heavy (non-hydrogen) atoms. The number of halogens is 2. The maximum absolute atomic E-state index is 13.0. The highest BCUT2D eigenvalue weighted by Crippen LogP contribution is 2.15. The van der Waals surface area contributed by atoms with Gasteiger partial charge >= 0.3 is 0 Å². The first-order valence-electron chi connectivity index (χ1n) is 5.19. The number of ether oxygens (including phenoxy) is 1. The normalized spacial score (nSPS) is 12.3. The van der Waals surface area contributed by atoms with Gasteiger partial charge in [0.05, 0.1) is 24.5 Å². The minimum Gasteiger partial charge on any atom is -0.389 e. The van der Waals surface area contributed by atoms with Crippen LogP contribution in [0.2, 0.25) is 5.15 Å². The molecule has 0 aliphatic heterocycles. The molecule has 5 nitrogen and oxygen atoms in total. The molecule has 0 aliphatic rings. The average Bonchev–Trinajstić information content (AvgIpc) is 2.31. The highest BCUT2D eigenvalue weighted by atomic mass is 35.5. The van der Waals surface area contributed by atoms with E-state index in [1.165, 1.54) is 19.1 Å². The topological polar surface area (TPSA) is 62.7 Å². The van der Waals surface area contributed by atoms with E-state index in [0.29, 0.717) is 0 Å². The number of methoxy groups -OCH3 is 1. The van der Waals surface area contributed by atoms with Crippen LogP contribution in [-0.2, 0) is 4.74 Å². The molecular weight excluding hydrogens is 263 g/mol. The van der Waals surface area contributed by atoms with Crippen LogP contribution in [0.15, 0.2) is 12.3 Å². The number of hydrogen-bond donors (Lipinski definition) is 1. The molecule has 0 saturated heterocycles. The second-order valence-electron chi connectivity index (χ2n) is 3.79. The molecule has 1 heterocycles. The molecule has 1 aromatic heterocycles. The van der Waals surface area contributed by atoms with E-state index in [2.05, 4.69) is 4.98 Å². The first-order valence-corrected chi connectivity index (χ1v) is 5.57. The lowest BCUT2D eigenvalue weighted by Gasteiger charge is -2.20. The van der Waals surface area contributed by atoms with E-state index >= 15 is 0 Å². The quantitative estimate of drug-likeness (QED) is 0.814. The highest BCUT2D eigenvalue weighted by molar-refractivity contribution is 6.32. The van der Waals surface area contributed by atoms with Crippen molar-refractivity contribution in [1.29, 1.82) is 0 Å². The number of carbonyl (C=O) groups is 1. The molecule has 1 aromatic rings. The van der Waals surface area contributed by atoms with Gasteiger partial charge in [-0.25, -0.2) is 9.37 Å². The lowest BCUT2D eigenvalue weighted by molar-refractivity contribution is 0.0380. The Bertz CT molecular complexity index is 431. The molecule has 0 aliphatic carbocycles. The largest absolute Gasteiger partial charge is 0.389 e. The third-order valence-corrected chi connectivity index (χ3v) is 2.53. The fourth-order valence-electron chi connectivity index (χ4n) is 1.42. The molecule has 7 heteroatoms. The van der Waals surface area contributed by atoms with Crippen LogP contribution in [0.25, 0.3) is 0 Å². The third kappa shape index (κ3) is 3.90. The predicted molar refractivity (Wildman–Crippen MR) is 64.0 cm³/mol. The van der Waals surface area contributed by atoms with Gasteiger partial charge in [0.2, 0.25) is 0 Å². The van der Waals surface area contributed by atoms with Crippen LogP contribution >= 0.6 is 11.6 Å². The molecule has 1 atom stereocenters. The van der Waals surface area contributed by atoms with E-state index in [1.807, 2.05) is 0 Å². The fourth-order valence-corrected chi connectivity index (χ4v) is 1.61. The summed E-state index contributed by atoms with van der Waals surface area (Å²) in [7, 11) is 2.92. The van der Waals surface area contributed by atoms with E-state index in [0.717, 1.165) is 12.3 Å². The number of aromatic nitrogens is 1. The maximum atomic E-state index is 13.0. The van der Waals surface area contributed by atoms with Crippen molar-refractivity contribution in [2.24, 2.45) is 0 Å². The third-order valence-electron chi connectivity index (χ3n) is 2.23. The van der Waals surface area contributed by atoms with Gasteiger partial charge in [0.1, 0.15) is 11.0 Å². The van der Waals surface area contributed by atoms with E-state index < -0.39 is 17.8 Å². The van der Waals surface area contributed by atoms with E-state index in [9.17, 15) is 14.3 Å². The fraction of sp³-hybridized carbons (Fsp3) is 0.455. The van der Waals surface area contributed by atoms with Crippen LogP contribution in [0.4, 0.5) is 4.39 Å². The van der Waals surface area contributed by atoms with Gasteiger partial charge in [-0.2, -0.15) is 0 Å². The summed E-state index contributed by atoms with van der Waals surface area (Å²) in [4.78, 5) is 16.7. The standard InChI is InChI=1S/C11H14ClFN2O3/c1-15(5-8(16)6-18-2)11(17)9-3-7(13)4-14-10(9)12/h3-4,8,16H,5-6H2,1-2H3. The summed E-state index contributed by atoms with van der Waals surface area (Å²) in [6, 6.07) is 1.01. The summed E-state index contributed by atoms with van der Waals surface area (Å²) in [6.45, 7) is 0.159. The summed E-state index contributed by atoms with van der Waals surface area (Å²) in [5.41, 5.74) is -0.0382. The number of likely N-dealkylation sites (N-methyl/N-ethyl adjacent to an activating group) is 1. The lowest BCUT2D eigenvalue weighted by Crippen LogP contribution is -2.36. The van der Waals surface area contributed by atoms with Crippen molar-refractivity contribution < 1.29 is 19.0 Å². The van der Waals surface area contributed by atoms with Crippen molar-refractivity contribution in [3.8, 4) is 0 Å². The van der Waals surface area contributed by atoms with Crippen molar-refractivity contribution in [3.05, 3.63) is 28.8 Å². The number of aliphatic hydroxyl groups excluding tert-OH is 1. The number of aliphatic hydroxyl groups is 1. The Labute approximate surface area is 109 Å². The molecule has 1 rings (SSSR count). The number of carbonyl (C=O) groups excluding carboxylic acids is 1. The van der Waals surface area contributed by atoms with Gasteiger partial charge in [-0.3, -0.25) is 4.79 Å². The Morgan fingerprint density at radius 3 is 3.00 bits per heavy atom. The van der Waals surface area contributed by atoms with Gasteiger partial charge < -0.3 is 14.7 Å². The van der Waals surface area contributed by atoms with Crippen molar-refractivity contribution >= 4 is 17.5 Å². The molecule has 0 radical (unpaired) electrons. The molecule has 0 spiro atoms. The van der Waals surface area contributed by atoms with Crippen molar-refractivity contribution in [2.75, 3.05) is 27.3 Å². The van der Waals surface area contributed by atoms with Gasteiger partial charge in [-0.15, -0.1) is 0 Å². The minimum absolute atomic E-state index is 0.0382. The zero-order valence-electron chi connectivity index (χ0n) is 10.1. The molecule has 100 valence electrons. The summed E-state index contributed by atoms with van der Waals surface area (Å²) in [5, 5.41) is 9.42. The number of amides is 1. The SMILES string of the molecule is COCC(O)CN(C)C(=O)c1cc(F)cnc1Cl. The molecule has 1 amide bonds. The number of rotatable bonds is 5. The van der Waals surface area contributed by atoms with Crippen molar-refractivity contribution in [2.45, 2.75) is 6.10 Å². The Morgan fingerprint density at radius 1 is 1.72 bits per heavy atom. The zero-order valence-corrected chi connectivity index (χ0v) is 10.8. The molecule has 1 unspecified atom stereocenters. The molecular formula is C11H14ClFN2O3. The van der Waals surface area contributed by atoms with E-state index in [-0.39, 0.29) is 23.9 Å². The summed E-state index contributed by atoms with van der Waals surface area (Å²) in [6.07, 6.45) is 0.114. The van der Waals surface area contributed by atoms with Gasteiger partial charge in [-0.1, -0.05) is 11.6 Å². The predicted octanol–water partition coefficient (Wildman–Crippen LogP) is 0.953. The second kappa shape index (κ2) is 6.63. The van der Waals surface area contributed by atoms with Crippen LogP contribution in [0.1, 0.15) is 10.4 Å². The van der Waals surface area contributed by atoms with Gasteiger partial charge in [0, 0.05) is 20.7 Å². The number of nitrogens with zero attached hydrogens (tertiary/aromatic N) is 2. The Kier molecular flexibility index (Phi) is 5.46. The summed E-state index contributed by atoms with van der Waals surface area (Å²) in [5.74, 6) is -1.16. The van der Waals surface area contributed by atoms with Gasteiger partial charge in [0.15, 0.2) is 0 Å². The molecule has 0 fully saturated rings. The van der Waals surface area contributed by atoms with E-state index in [1.54, 1.807) is 0 Å². The molecule has 0 saturated carbocycles. The molecule has 0 aromatic carbocycles. The van der Waals surface area contributed by atoms with Gasteiger partial charge in [-0.05, 0) is 6.07 Å². The van der Waals surface area contributed by atoms with E-state index in [4.69, 9.17) is 16.3 Å². The number of pyridine rings is 1. The lowest BCUT2D eigenvalue weighted by atomic mass is 10.2. The monoisotopic (exact) mass is 276 g/mol. The Morgan fingerprint density at radius 2 is 2.39 bits per heavy atom. The first kappa shape index (κ1) is 14.8. The summed E-state index contributed by atoms with van der Waals surface area (Å²) >= 11 is 5.72. The Hall–Kier alpha value is -1.24. The van der Waals surface area contributed by atoms with Crippen LogP contribution in [0, 0.1) is 5.82 Å². The average molecular weight is 277 g/mol. The zero-order chi connectivity index (χ0) is 13.7. The van der Waals surface area contributed by atoms with Crippen LogP contribution in [0.5, 0.6) is 0 Å².